The van der Waals surface area contributed by atoms with Crippen molar-refractivity contribution in [3.8, 4) is 0 Å². The predicted octanol–water partition coefficient (Wildman–Crippen LogP) is 2.15. The molecule has 4 heteroatoms. The molecule has 0 aromatic carbocycles. The van der Waals surface area contributed by atoms with Crippen molar-refractivity contribution in [1.29, 1.82) is 0 Å². The number of nitrogens with zero attached hydrogens (tertiary/aromatic N) is 1. The van der Waals surface area contributed by atoms with Crippen molar-refractivity contribution in [2.45, 2.75) is 19.8 Å². The Labute approximate surface area is 102 Å². The molecule has 0 spiro atoms. The van der Waals surface area contributed by atoms with E-state index in [1.54, 1.807) is 7.11 Å². The summed E-state index contributed by atoms with van der Waals surface area (Å²) in [7, 11) is 1.70. The van der Waals surface area contributed by atoms with Gasteiger partial charge in [0.05, 0.1) is 13.2 Å². The van der Waals surface area contributed by atoms with Gasteiger partial charge >= 0.3 is 0 Å². The number of alkyl halides is 1. The largest absolute Gasteiger partial charge is 0.382 e. The molecule has 0 amide bonds. The maximum Gasteiger partial charge on any atom is 0.0700 e. The zero-order valence-electron chi connectivity index (χ0n) is 10.0. The molecule has 0 saturated heterocycles. The van der Waals surface area contributed by atoms with Gasteiger partial charge in [-0.15, -0.1) is 0 Å². The number of ether oxygens (including phenoxy) is 2. The third kappa shape index (κ3) is 10.6. The van der Waals surface area contributed by atoms with Crippen molar-refractivity contribution >= 4 is 15.9 Å². The lowest BCUT2D eigenvalue weighted by Gasteiger charge is -2.19. The number of rotatable bonds is 11. The van der Waals surface area contributed by atoms with E-state index in [0.29, 0.717) is 13.2 Å². The fourth-order valence-electron chi connectivity index (χ4n) is 1.35. The van der Waals surface area contributed by atoms with Gasteiger partial charge in [-0.2, -0.15) is 0 Å². The molecule has 0 N–H and O–H groups in total. The van der Waals surface area contributed by atoms with E-state index in [1.807, 2.05) is 0 Å². The lowest BCUT2D eigenvalue weighted by Crippen LogP contribution is -2.26. The van der Waals surface area contributed by atoms with Crippen molar-refractivity contribution < 1.29 is 9.47 Å². The number of halogens is 1. The summed E-state index contributed by atoms with van der Waals surface area (Å²) in [5, 5.41) is 1.09. The molecule has 0 aliphatic heterocycles. The lowest BCUT2D eigenvalue weighted by molar-refractivity contribution is 0.0655. The number of hydrogen-bond acceptors (Lipinski definition) is 3. The molecule has 0 rings (SSSR count). The Kier molecular flexibility index (Phi) is 12.7. The molecule has 0 aromatic rings. The highest BCUT2D eigenvalue weighted by Gasteiger charge is 2.00. The van der Waals surface area contributed by atoms with Crippen LogP contribution in [0.4, 0.5) is 0 Å². The van der Waals surface area contributed by atoms with Crippen LogP contribution in [0.25, 0.3) is 0 Å². The molecule has 0 aromatic heterocycles. The second-order valence-electron chi connectivity index (χ2n) is 3.44. The third-order valence-corrected chi connectivity index (χ3v) is 2.81. The minimum Gasteiger partial charge on any atom is -0.382 e. The zero-order chi connectivity index (χ0) is 11.4. The van der Waals surface area contributed by atoms with Crippen molar-refractivity contribution in [1.82, 2.24) is 4.90 Å². The van der Waals surface area contributed by atoms with E-state index in [2.05, 4.69) is 27.8 Å². The van der Waals surface area contributed by atoms with Gasteiger partial charge in [0.1, 0.15) is 0 Å². The minimum atomic E-state index is 0.696. The van der Waals surface area contributed by atoms with Crippen LogP contribution in [-0.4, -0.2) is 56.8 Å². The van der Waals surface area contributed by atoms with E-state index in [4.69, 9.17) is 9.47 Å². The molecule has 92 valence electrons. The first-order valence-electron chi connectivity index (χ1n) is 5.70. The Morgan fingerprint density at radius 1 is 1.07 bits per heavy atom. The zero-order valence-corrected chi connectivity index (χ0v) is 11.6. The highest BCUT2D eigenvalue weighted by atomic mass is 79.9. The van der Waals surface area contributed by atoms with E-state index >= 15 is 0 Å². The molecule has 0 unspecified atom stereocenters. The number of methoxy groups -OCH3 is 1. The van der Waals surface area contributed by atoms with Crippen LogP contribution in [0.15, 0.2) is 0 Å². The minimum absolute atomic E-state index is 0.696. The van der Waals surface area contributed by atoms with Crippen LogP contribution in [0.2, 0.25) is 0 Å². The van der Waals surface area contributed by atoms with Crippen molar-refractivity contribution in [2.24, 2.45) is 0 Å². The molecule has 0 bridgehead atoms. The third-order valence-electron chi connectivity index (χ3n) is 2.25. The summed E-state index contributed by atoms with van der Waals surface area (Å²) in [4.78, 5) is 2.46. The summed E-state index contributed by atoms with van der Waals surface area (Å²) in [5.74, 6) is 0. The fraction of sp³-hybridized carbons (Fsp3) is 1.00. The normalized spacial score (nSPS) is 11.2. The fourth-order valence-corrected chi connectivity index (χ4v) is 1.60. The smallest absolute Gasteiger partial charge is 0.0700 e. The van der Waals surface area contributed by atoms with Crippen LogP contribution in [0.3, 0.4) is 0 Å². The summed E-state index contributed by atoms with van der Waals surface area (Å²) in [6.45, 7) is 7.90. The predicted molar refractivity (Wildman–Crippen MR) is 67.8 cm³/mol. The van der Waals surface area contributed by atoms with Crippen molar-refractivity contribution in [2.75, 3.05) is 51.9 Å². The second-order valence-corrected chi connectivity index (χ2v) is 4.23. The quantitative estimate of drug-likeness (QED) is 0.428. The molecule has 0 heterocycles. The van der Waals surface area contributed by atoms with Gasteiger partial charge < -0.3 is 14.4 Å². The first-order chi connectivity index (χ1) is 7.35. The Hall–Kier alpha value is 0.360. The standard InChI is InChI=1S/C11H24BrNO2/c1-3-13(7-4-6-12)8-5-9-15-11-10-14-2/h3-11H2,1-2H3. The highest BCUT2D eigenvalue weighted by Crippen LogP contribution is 1.96. The van der Waals surface area contributed by atoms with Crippen molar-refractivity contribution in [3.05, 3.63) is 0 Å². The maximum atomic E-state index is 5.41. The highest BCUT2D eigenvalue weighted by molar-refractivity contribution is 9.09. The van der Waals surface area contributed by atoms with Gasteiger partial charge in [0.15, 0.2) is 0 Å². The van der Waals surface area contributed by atoms with Crippen LogP contribution in [0.5, 0.6) is 0 Å². The summed E-state index contributed by atoms with van der Waals surface area (Å²) in [5.41, 5.74) is 0. The van der Waals surface area contributed by atoms with Gasteiger partial charge in [0.2, 0.25) is 0 Å². The van der Waals surface area contributed by atoms with E-state index < -0.39 is 0 Å². The summed E-state index contributed by atoms with van der Waals surface area (Å²) >= 11 is 3.45. The Balaban J connectivity index is 3.22. The van der Waals surface area contributed by atoms with Crippen LogP contribution < -0.4 is 0 Å². The van der Waals surface area contributed by atoms with Crippen molar-refractivity contribution in [3.63, 3.8) is 0 Å². The molecule has 0 radical (unpaired) electrons. The first-order valence-corrected chi connectivity index (χ1v) is 6.82. The summed E-state index contributed by atoms with van der Waals surface area (Å²) < 4.78 is 10.3. The van der Waals surface area contributed by atoms with Gasteiger partial charge in [0, 0.05) is 25.6 Å². The van der Waals surface area contributed by atoms with Gasteiger partial charge in [-0.25, -0.2) is 0 Å². The topological polar surface area (TPSA) is 21.7 Å². The van der Waals surface area contributed by atoms with Crippen LogP contribution >= 0.6 is 15.9 Å². The van der Waals surface area contributed by atoms with Gasteiger partial charge in [0.25, 0.3) is 0 Å². The molecular weight excluding hydrogens is 258 g/mol. The second kappa shape index (κ2) is 12.4. The van der Waals surface area contributed by atoms with Gasteiger partial charge in [-0.1, -0.05) is 22.9 Å². The summed E-state index contributed by atoms with van der Waals surface area (Å²) in [6, 6.07) is 0. The Morgan fingerprint density at radius 2 is 1.80 bits per heavy atom. The summed E-state index contributed by atoms with van der Waals surface area (Å²) in [6.07, 6.45) is 2.33. The van der Waals surface area contributed by atoms with Crippen LogP contribution in [-0.2, 0) is 9.47 Å². The Morgan fingerprint density at radius 3 is 2.40 bits per heavy atom. The molecule has 0 aliphatic carbocycles. The molecule has 0 saturated carbocycles. The van der Waals surface area contributed by atoms with E-state index in [9.17, 15) is 0 Å². The molecule has 0 aliphatic rings. The van der Waals surface area contributed by atoms with E-state index in [-0.39, 0.29) is 0 Å². The lowest BCUT2D eigenvalue weighted by atomic mass is 10.3. The van der Waals surface area contributed by atoms with E-state index in [1.165, 1.54) is 13.0 Å². The molecule has 15 heavy (non-hydrogen) atoms. The Bertz CT molecular complexity index is 125. The average Bonchev–Trinajstić information content (AvgIpc) is 2.27. The maximum absolute atomic E-state index is 5.41. The van der Waals surface area contributed by atoms with Gasteiger partial charge in [-0.05, 0) is 25.9 Å². The molecular formula is C11H24BrNO2. The molecule has 0 fully saturated rings. The van der Waals surface area contributed by atoms with E-state index in [0.717, 1.165) is 31.4 Å². The molecule has 3 nitrogen and oxygen atoms in total. The number of hydrogen-bond donors (Lipinski definition) is 0. The SMILES string of the molecule is CCN(CCCBr)CCCOCCOC. The van der Waals surface area contributed by atoms with Crippen LogP contribution in [0, 0.1) is 0 Å². The monoisotopic (exact) mass is 281 g/mol. The molecule has 0 atom stereocenters. The van der Waals surface area contributed by atoms with Crippen LogP contribution in [0.1, 0.15) is 19.8 Å². The first kappa shape index (κ1) is 15.4. The average molecular weight is 282 g/mol. The van der Waals surface area contributed by atoms with Gasteiger partial charge in [-0.3, -0.25) is 0 Å².